The summed E-state index contributed by atoms with van der Waals surface area (Å²) in [5.41, 5.74) is 0. The third-order valence-corrected chi connectivity index (χ3v) is 2.44. The summed E-state index contributed by atoms with van der Waals surface area (Å²) < 4.78 is 4.58. The van der Waals surface area contributed by atoms with Crippen LogP contribution in [0.2, 0.25) is 0 Å². The first-order valence-electron chi connectivity index (χ1n) is 4.66. The number of likely N-dealkylation sites (tertiary alicyclic amines) is 1. The molecule has 1 aliphatic heterocycles. The Balaban J connectivity index is 2.29. The second-order valence-corrected chi connectivity index (χ2v) is 3.50. The number of esters is 1. The fraction of sp³-hybridized carbons (Fsp3) is 0.889. The van der Waals surface area contributed by atoms with Gasteiger partial charge in [0.05, 0.1) is 13.7 Å². The molecular formula is C9H17NO3. The van der Waals surface area contributed by atoms with Gasteiger partial charge in [-0.1, -0.05) is 0 Å². The maximum Gasteiger partial charge on any atom is 0.319 e. The van der Waals surface area contributed by atoms with Crippen molar-refractivity contribution in [3.8, 4) is 0 Å². The smallest absolute Gasteiger partial charge is 0.319 e. The van der Waals surface area contributed by atoms with Crippen LogP contribution in [-0.2, 0) is 9.53 Å². The molecule has 1 rings (SSSR count). The Hall–Kier alpha value is -0.610. The minimum Gasteiger partial charge on any atom is -0.468 e. The number of methoxy groups -OCH3 is 1. The molecule has 4 heteroatoms. The number of aliphatic hydroxyl groups is 1. The number of hydrogen-bond acceptors (Lipinski definition) is 4. The van der Waals surface area contributed by atoms with E-state index in [4.69, 9.17) is 5.11 Å². The van der Waals surface area contributed by atoms with E-state index in [0.29, 0.717) is 12.5 Å². The van der Waals surface area contributed by atoms with Gasteiger partial charge < -0.3 is 9.84 Å². The van der Waals surface area contributed by atoms with Crippen molar-refractivity contribution in [2.24, 2.45) is 5.92 Å². The number of hydrogen-bond donors (Lipinski definition) is 1. The molecule has 1 atom stereocenters. The van der Waals surface area contributed by atoms with Gasteiger partial charge in [-0.25, -0.2) is 0 Å². The Morgan fingerprint density at radius 1 is 1.69 bits per heavy atom. The van der Waals surface area contributed by atoms with Gasteiger partial charge in [0.15, 0.2) is 0 Å². The Labute approximate surface area is 78.5 Å². The van der Waals surface area contributed by atoms with Crippen LogP contribution < -0.4 is 0 Å². The maximum atomic E-state index is 10.9. The lowest BCUT2D eigenvalue weighted by molar-refractivity contribution is -0.142. The van der Waals surface area contributed by atoms with E-state index in [1.54, 1.807) is 0 Å². The first-order chi connectivity index (χ1) is 6.26. The van der Waals surface area contributed by atoms with E-state index in [1.165, 1.54) is 7.11 Å². The van der Waals surface area contributed by atoms with Crippen LogP contribution in [0.3, 0.4) is 0 Å². The van der Waals surface area contributed by atoms with Gasteiger partial charge >= 0.3 is 5.97 Å². The number of ether oxygens (including phenoxy) is 1. The molecule has 4 nitrogen and oxygen atoms in total. The van der Waals surface area contributed by atoms with Gasteiger partial charge in [0.25, 0.3) is 0 Å². The lowest BCUT2D eigenvalue weighted by Gasteiger charge is -2.30. The highest BCUT2D eigenvalue weighted by atomic mass is 16.5. The Bertz CT molecular complexity index is 172. The van der Waals surface area contributed by atoms with Crippen LogP contribution in [0.5, 0.6) is 0 Å². The monoisotopic (exact) mass is 187 g/mol. The summed E-state index contributed by atoms with van der Waals surface area (Å²) in [5, 5.41) is 8.96. The van der Waals surface area contributed by atoms with E-state index in [-0.39, 0.29) is 12.6 Å². The van der Waals surface area contributed by atoms with Crippen LogP contribution in [0, 0.1) is 5.92 Å². The van der Waals surface area contributed by atoms with Crippen LogP contribution in [0.4, 0.5) is 0 Å². The molecule has 0 aromatic rings. The molecule has 0 aromatic carbocycles. The molecule has 1 fully saturated rings. The fourth-order valence-electron chi connectivity index (χ4n) is 1.69. The number of piperidine rings is 1. The van der Waals surface area contributed by atoms with Crippen molar-refractivity contribution >= 4 is 5.97 Å². The average Bonchev–Trinajstić information content (AvgIpc) is 2.18. The summed E-state index contributed by atoms with van der Waals surface area (Å²) in [4.78, 5) is 13.0. The van der Waals surface area contributed by atoms with Gasteiger partial charge in [0, 0.05) is 13.2 Å². The van der Waals surface area contributed by atoms with E-state index < -0.39 is 0 Å². The lowest BCUT2D eigenvalue weighted by Crippen LogP contribution is -2.40. The SMILES string of the molecule is COC(=O)CN1CCCC(CO)C1. The van der Waals surface area contributed by atoms with Crippen molar-refractivity contribution in [3.63, 3.8) is 0 Å². The predicted molar refractivity (Wildman–Crippen MR) is 48.3 cm³/mol. The predicted octanol–water partition coefficient (Wildman–Crippen LogP) is -0.136. The molecule has 0 amide bonds. The molecule has 0 bridgehead atoms. The number of carbonyl (C=O) groups is 1. The molecule has 1 N–H and O–H groups in total. The average molecular weight is 187 g/mol. The highest BCUT2D eigenvalue weighted by Gasteiger charge is 2.20. The molecular weight excluding hydrogens is 170 g/mol. The fourth-order valence-corrected chi connectivity index (χ4v) is 1.69. The van der Waals surface area contributed by atoms with Crippen LogP contribution in [0.25, 0.3) is 0 Å². The van der Waals surface area contributed by atoms with Gasteiger partial charge in [-0.3, -0.25) is 9.69 Å². The zero-order chi connectivity index (χ0) is 9.68. The van der Waals surface area contributed by atoms with Crippen molar-refractivity contribution in [1.82, 2.24) is 4.90 Å². The zero-order valence-corrected chi connectivity index (χ0v) is 8.03. The summed E-state index contributed by atoms with van der Waals surface area (Å²) in [6.45, 7) is 2.32. The molecule has 0 aromatic heterocycles. The van der Waals surface area contributed by atoms with Crippen LogP contribution in [-0.4, -0.2) is 49.3 Å². The van der Waals surface area contributed by atoms with Crippen molar-refractivity contribution in [2.45, 2.75) is 12.8 Å². The molecule has 0 aliphatic carbocycles. The lowest BCUT2D eigenvalue weighted by atomic mass is 9.99. The summed E-state index contributed by atoms with van der Waals surface area (Å²) in [7, 11) is 1.40. The molecule has 1 saturated heterocycles. The van der Waals surface area contributed by atoms with E-state index >= 15 is 0 Å². The normalized spacial score (nSPS) is 24.3. The maximum absolute atomic E-state index is 10.9. The highest BCUT2D eigenvalue weighted by Crippen LogP contribution is 2.15. The molecule has 1 unspecified atom stereocenters. The standard InChI is InChI=1S/C9H17NO3/c1-13-9(12)6-10-4-2-3-8(5-10)7-11/h8,11H,2-7H2,1H3. The van der Waals surface area contributed by atoms with E-state index in [9.17, 15) is 4.79 Å². The van der Waals surface area contributed by atoms with Gasteiger partial charge in [0.2, 0.25) is 0 Å². The number of rotatable bonds is 3. The van der Waals surface area contributed by atoms with Crippen LogP contribution in [0.15, 0.2) is 0 Å². The quantitative estimate of drug-likeness (QED) is 0.625. The topological polar surface area (TPSA) is 49.8 Å². The number of aliphatic hydroxyl groups excluding tert-OH is 1. The molecule has 0 spiro atoms. The third kappa shape index (κ3) is 3.32. The Morgan fingerprint density at radius 3 is 3.08 bits per heavy atom. The van der Waals surface area contributed by atoms with E-state index in [1.807, 2.05) is 4.90 Å². The van der Waals surface area contributed by atoms with Crippen LogP contribution in [0.1, 0.15) is 12.8 Å². The molecule has 76 valence electrons. The summed E-state index contributed by atoms with van der Waals surface area (Å²) in [6, 6.07) is 0. The molecule has 1 heterocycles. The third-order valence-electron chi connectivity index (χ3n) is 2.44. The van der Waals surface area contributed by atoms with Crippen molar-refractivity contribution < 1.29 is 14.6 Å². The highest BCUT2D eigenvalue weighted by molar-refractivity contribution is 5.71. The van der Waals surface area contributed by atoms with E-state index in [0.717, 1.165) is 25.9 Å². The van der Waals surface area contributed by atoms with Gasteiger partial charge in [-0.2, -0.15) is 0 Å². The second kappa shape index (κ2) is 5.19. The summed E-state index contributed by atoms with van der Waals surface area (Å²) >= 11 is 0. The van der Waals surface area contributed by atoms with Crippen molar-refractivity contribution in [2.75, 3.05) is 33.4 Å². The summed E-state index contributed by atoms with van der Waals surface area (Å²) in [5.74, 6) is 0.136. The van der Waals surface area contributed by atoms with Gasteiger partial charge in [-0.05, 0) is 25.3 Å². The van der Waals surface area contributed by atoms with Crippen molar-refractivity contribution in [1.29, 1.82) is 0 Å². The molecule has 0 saturated carbocycles. The Morgan fingerprint density at radius 2 is 2.46 bits per heavy atom. The minimum atomic E-state index is -0.196. The molecule has 1 aliphatic rings. The zero-order valence-electron chi connectivity index (χ0n) is 8.03. The first-order valence-corrected chi connectivity index (χ1v) is 4.66. The number of nitrogens with zero attached hydrogens (tertiary/aromatic N) is 1. The second-order valence-electron chi connectivity index (χ2n) is 3.50. The number of carbonyl (C=O) groups excluding carboxylic acids is 1. The van der Waals surface area contributed by atoms with Crippen molar-refractivity contribution in [3.05, 3.63) is 0 Å². The van der Waals surface area contributed by atoms with Gasteiger partial charge in [-0.15, -0.1) is 0 Å². The molecule has 13 heavy (non-hydrogen) atoms. The largest absolute Gasteiger partial charge is 0.468 e. The minimum absolute atomic E-state index is 0.196. The summed E-state index contributed by atoms with van der Waals surface area (Å²) in [6.07, 6.45) is 2.12. The Kier molecular flexibility index (Phi) is 4.18. The first kappa shape index (κ1) is 10.5. The van der Waals surface area contributed by atoms with Crippen LogP contribution >= 0.6 is 0 Å². The molecule has 0 radical (unpaired) electrons. The van der Waals surface area contributed by atoms with E-state index in [2.05, 4.69) is 4.74 Å². The van der Waals surface area contributed by atoms with Gasteiger partial charge in [0.1, 0.15) is 0 Å².